The number of carbonyl (C=O) groups excluding carboxylic acids is 1. The molecule has 0 aromatic carbocycles. The molecule has 0 rings (SSSR count). The van der Waals surface area contributed by atoms with E-state index in [1.165, 1.54) is 51.4 Å². The molecule has 0 aromatic heterocycles. The molecule has 0 heterocycles. The fourth-order valence-electron chi connectivity index (χ4n) is 1.88. The summed E-state index contributed by atoms with van der Waals surface area (Å²) >= 11 is 0. The van der Waals surface area contributed by atoms with Gasteiger partial charge in [-0.3, -0.25) is 4.79 Å². The largest absolute Gasteiger partial charge is 0.300 e. The quantitative estimate of drug-likeness (QED) is 0.327. The standard InChI is InChI=1S/C16H30O/c1-3-5-6-7-8-9-10-11-12-13-14-15-16(17)4-2/h12-13H,3-11,14-15H2,1-2H3/b13-12+. The Morgan fingerprint density at radius 1 is 0.824 bits per heavy atom. The molecular weight excluding hydrogens is 208 g/mol. The molecule has 0 fully saturated rings. The third-order valence-electron chi connectivity index (χ3n) is 3.13. The van der Waals surface area contributed by atoms with Gasteiger partial charge < -0.3 is 0 Å². The number of unbranched alkanes of at least 4 members (excludes halogenated alkanes) is 7. The van der Waals surface area contributed by atoms with E-state index in [9.17, 15) is 4.79 Å². The lowest BCUT2D eigenvalue weighted by atomic mass is 10.1. The second-order valence-electron chi connectivity index (χ2n) is 4.81. The number of rotatable bonds is 12. The van der Waals surface area contributed by atoms with Crippen molar-refractivity contribution in [3.05, 3.63) is 12.2 Å². The van der Waals surface area contributed by atoms with Gasteiger partial charge in [0.2, 0.25) is 0 Å². The maximum atomic E-state index is 11.0. The molecule has 0 atom stereocenters. The first-order chi connectivity index (χ1) is 8.31. The smallest absolute Gasteiger partial charge is 0.132 e. The number of hydrogen-bond donors (Lipinski definition) is 0. The zero-order valence-electron chi connectivity index (χ0n) is 11.8. The molecule has 0 saturated carbocycles. The number of Topliss-reactive ketones (excluding diaryl/α,β-unsaturated/α-hetero) is 1. The average Bonchev–Trinajstić information content (AvgIpc) is 2.35. The molecular formula is C16H30O. The third kappa shape index (κ3) is 13.3. The topological polar surface area (TPSA) is 17.1 Å². The van der Waals surface area contributed by atoms with Gasteiger partial charge >= 0.3 is 0 Å². The summed E-state index contributed by atoms with van der Waals surface area (Å²) in [6.07, 6.45) is 17.6. The van der Waals surface area contributed by atoms with Crippen LogP contribution >= 0.6 is 0 Å². The molecule has 0 amide bonds. The van der Waals surface area contributed by atoms with Crippen molar-refractivity contribution in [2.24, 2.45) is 0 Å². The minimum Gasteiger partial charge on any atom is -0.300 e. The minimum atomic E-state index is 0.380. The summed E-state index contributed by atoms with van der Waals surface area (Å²) in [5, 5.41) is 0. The highest BCUT2D eigenvalue weighted by Gasteiger charge is 1.94. The van der Waals surface area contributed by atoms with Crippen LogP contribution in [0.15, 0.2) is 12.2 Å². The van der Waals surface area contributed by atoms with Gasteiger partial charge in [-0.25, -0.2) is 0 Å². The van der Waals surface area contributed by atoms with Crippen molar-refractivity contribution in [1.82, 2.24) is 0 Å². The first-order valence-electron chi connectivity index (χ1n) is 7.48. The molecule has 0 aliphatic heterocycles. The Hall–Kier alpha value is -0.590. The third-order valence-corrected chi connectivity index (χ3v) is 3.13. The summed E-state index contributed by atoms with van der Waals surface area (Å²) in [7, 11) is 0. The Labute approximate surface area is 108 Å². The van der Waals surface area contributed by atoms with Crippen LogP contribution in [0.3, 0.4) is 0 Å². The summed E-state index contributed by atoms with van der Waals surface area (Å²) in [5.74, 6) is 0.380. The fourth-order valence-corrected chi connectivity index (χ4v) is 1.88. The lowest BCUT2D eigenvalue weighted by Gasteiger charge is -1.98. The van der Waals surface area contributed by atoms with Crippen LogP contribution in [0, 0.1) is 0 Å². The van der Waals surface area contributed by atoms with Crippen molar-refractivity contribution in [1.29, 1.82) is 0 Å². The molecule has 1 heteroatoms. The van der Waals surface area contributed by atoms with Crippen molar-refractivity contribution in [2.75, 3.05) is 0 Å². The summed E-state index contributed by atoms with van der Waals surface area (Å²) in [4.78, 5) is 11.0. The first-order valence-corrected chi connectivity index (χ1v) is 7.48. The highest BCUT2D eigenvalue weighted by Crippen LogP contribution is 2.08. The van der Waals surface area contributed by atoms with Crippen LogP contribution in [-0.4, -0.2) is 5.78 Å². The van der Waals surface area contributed by atoms with E-state index >= 15 is 0 Å². The van der Waals surface area contributed by atoms with Gasteiger partial charge in [0.15, 0.2) is 0 Å². The molecule has 0 radical (unpaired) electrons. The molecule has 0 aliphatic rings. The number of hydrogen-bond acceptors (Lipinski definition) is 1. The monoisotopic (exact) mass is 238 g/mol. The number of ketones is 1. The van der Waals surface area contributed by atoms with Gasteiger partial charge in [0.25, 0.3) is 0 Å². The van der Waals surface area contributed by atoms with E-state index < -0.39 is 0 Å². The highest BCUT2D eigenvalue weighted by atomic mass is 16.1. The van der Waals surface area contributed by atoms with Crippen molar-refractivity contribution < 1.29 is 4.79 Å². The summed E-state index contributed by atoms with van der Waals surface area (Å²) in [5.41, 5.74) is 0. The van der Waals surface area contributed by atoms with E-state index in [0.717, 1.165) is 12.8 Å². The Morgan fingerprint density at radius 2 is 1.41 bits per heavy atom. The predicted molar refractivity (Wildman–Crippen MR) is 76.3 cm³/mol. The predicted octanol–water partition coefficient (Wildman–Crippen LogP) is 5.44. The average molecular weight is 238 g/mol. The molecule has 0 N–H and O–H groups in total. The summed E-state index contributed by atoms with van der Waals surface area (Å²) in [6.45, 7) is 4.19. The molecule has 0 bridgehead atoms. The summed E-state index contributed by atoms with van der Waals surface area (Å²) < 4.78 is 0. The second-order valence-corrected chi connectivity index (χ2v) is 4.81. The molecule has 0 aromatic rings. The van der Waals surface area contributed by atoms with Crippen molar-refractivity contribution in [3.8, 4) is 0 Å². The van der Waals surface area contributed by atoms with Crippen LogP contribution < -0.4 is 0 Å². The van der Waals surface area contributed by atoms with Crippen LogP contribution in [0.5, 0.6) is 0 Å². The van der Waals surface area contributed by atoms with Gasteiger partial charge in [0.1, 0.15) is 5.78 Å². The second kappa shape index (κ2) is 13.5. The maximum Gasteiger partial charge on any atom is 0.132 e. The fraction of sp³-hybridized carbons (Fsp3) is 0.812. The van der Waals surface area contributed by atoms with Gasteiger partial charge in [-0.15, -0.1) is 0 Å². The molecule has 1 nitrogen and oxygen atoms in total. The van der Waals surface area contributed by atoms with Crippen LogP contribution in [0.1, 0.15) is 84.5 Å². The van der Waals surface area contributed by atoms with Crippen molar-refractivity contribution in [3.63, 3.8) is 0 Å². The SMILES string of the molecule is CCCCCCCCC/C=C/CCC(=O)CC. The first kappa shape index (κ1) is 16.4. The van der Waals surface area contributed by atoms with Crippen LogP contribution in [-0.2, 0) is 4.79 Å². The van der Waals surface area contributed by atoms with E-state index in [1.54, 1.807) is 0 Å². The normalized spacial score (nSPS) is 11.2. The molecule has 17 heavy (non-hydrogen) atoms. The van der Waals surface area contributed by atoms with Crippen molar-refractivity contribution in [2.45, 2.75) is 84.5 Å². The van der Waals surface area contributed by atoms with Crippen LogP contribution in [0.2, 0.25) is 0 Å². The van der Waals surface area contributed by atoms with Gasteiger partial charge in [-0.2, -0.15) is 0 Å². The van der Waals surface area contributed by atoms with E-state index in [2.05, 4.69) is 19.1 Å². The van der Waals surface area contributed by atoms with E-state index in [0.29, 0.717) is 12.2 Å². The van der Waals surface area contributed by atoms with Gasteiger partial charge in [0.05, 0.1) is 0 Å². The Balaban J connectivity index is 3.11. The number of carbonyl (C=O) groups is 1. The lowest BCUT2D eigenvalue weighted by Crippen LogP contribution is -1.92. The lowest BCUT2D eigenvalue weighted by molar-refractivity contribution is -0.118. The van der Waals surface area contributed by atoms with E-state index in [1.807, 2.05) is 6.92 Å². The van der Waals surface area contributed by atoms with E-state index in [4.69, 9.17) is 0 Å². The molecule has 0 spiro atoms. The van der Waals surface area contributed by atoms with Gasteiger partial charge in [-0.1, -0.05) is 64.5 Å². The Bertz CT molecular complexity index is 194. The van der Waals surface area contributed by atoms with Crippen LogP contribution in [0.4, 0.5) is 0 Å². The number of allylic oxidation sites excluding steroid dienone is 2. The molecule has 0 unspecified atom stereocenters. The summed E-state index contributed by atoms with van der Waals surface area (Å²) in [6, 6.07) is 0. The van der Waals surface area contributed by atoms with Gasteiger partial charge in [0, 0.05) is 12.8 Å². The van der Waals surface area contributed by atoms with Crippen molar-refractivity contribution >= 4 is 5.78 Å². The highest BCUT2D eigenvalue weighted by molar-refractivity contribution is 5.78. The van der Waals surface area contributed by atoms with Gasteiger partial charge in [-0.05, 0) is 19.3 Å². The Morgan fingerprint density at radius 3 is 2.06 bits per heavy atom. The zero-order valence-corrected chi connectivity index (χ0v) is 11.8. The molecule has 100 valence electrons. The Kier molecular flexibility index (Phi) is 13.0. The molecule has 0 saturated heterocycles. The zero-order chi connectivity index (χ0) is 12.8. The maximum absolute atomic E-state index is 11.0. The van der Waals surface area contributed by atoms with E-state index in [-0.39, 0.29) is 0 Å². The minimum absolute atomic E-state index is 0.380. The molecule has 0 aliphatic carbocycles. The van der Waals surface area contributed by atoms with Crippen LogP contribution in [0.25, 0.3) is 0 Å².